The summed E-state index contributed by atoms with van der Waals surface area (Å²) in [5.41, 5.74) is 1.18. The van der Waals surface area contributed by atoms with Gasteiger partial charge in [0.2, 0.25) is 5.91 Å². The second-order valence-electron chi connectivity index (χ2n) is 4.08. The standard InChI is InChI=1S/C14H22N2O2/c1-3-15-14(17)9-10-16-13(11-18-2)12-7-5-4-6-8-12/h4-8,13,16H,3,9-11H2,1-2H3,(H,15,17). The predicted octanol–water partition coefficient (Wildman–Crippen LogP) is 1.49. The van der Waals surface area contributed by atoms with Crippen molar-refractivity contribution >= 4 is 5.91 Å². The summed E-state index contributed by atoms with van der Waals surface area (Å²) in [5, 5.41) is 6.12. The minimum atomic E-state index is 0.0780. The molecule has 0 fully saturated rings. The maximum Gasteiger partial charge on any atom is 0.221 e. The second kappa shape index (κ2) is 8.66. The molecular weight excluding hydrogens is 228 g/mol. The van der Waals surface area contributed by atoms with Gasteiger partial charge in [0.05, 0.1) is 12.6 Å². The SMILES string of the molecule is CCNC(=O)CCNC(COC)c1ccccc1. The molecule has 0 spiro atoms. The van der Waals surface area contributed by atoms with E-state index in [4.69, 9.17) is 4.74 Å². The summed E-state index contributed by atoms with van der Waals surface area (Å²) in [7, 11) is 1.68. The van der Waals surface area contributed by atoms with E-state index in [1.54, 1.807) is 7.11 Å². The van der Waals surface area contributed by atoms with Crippen molar-refractivity contribution in [2.75, 3.05) is 26.8 Å². The molecule has 0 aliphatic heterocycles. The zero-order valence-electron chi connectivity index (χ0n) is 11.1. The van der Waals surface area contributed by atoms with Crippen LogP contribution < -0.4 is 10.6 Å². The van der Waals surface area contributed by atoms with Gasteiger partial charge in [0, 0.05) is 26.6 Å². The van der Waals surface area contributed by atoms with Crippen molar-refractivity contribution in [2.24, 2.45) is 0 Å². The van der Waals surface area contributed by atoms with Crippen LogP contribution in [0.25, 0.3) is 0 Å². The largest absolute Gasteiger partial charge is 0.383 e. The fourth-order valence-corrected chi connectivity index (χ4v) is 1.77. The molecule has 4 heteroatoms. The van der Waals surface area contributed by atoms with Crippen LogP contribution in [-0.4, -0.2) is 32.7 Å². The number of benzene rings is 1. The summed E-state index contributed by atoms with van der Waals surface area (Å²) >= 11 is 0. The highest BCUT2D eigenvalue weighted by Gasteiger charge is 2.10. The molecule has 0 aromatic heterocycles. The maximum atomic E-state index is 11.3. The third-order valence-electron chi connectivity index (χ3n) is 2.65. The van der Waals surface area contributed by atoms with Gasteiger partial charge in [-0.1, -0.05) is 30.3 Å². The lowest BCUT2D eigenvalue weighted by Gasteiger charge is -2.18. The van der Waals surface area contributed by atoms with Gasteiger partial charge in [-0.3, -0.25) is 4.79 Å². The third kappa shape index (κ3) is 5.29. The van der Waals surface area contributed by atoms with Gasteiger partial charge < -0.3 is 15.4 Å². The number of hydrogen-bond acceptors (Lipinski definition) is 3. The smallest absolute Gasteiger partial charge is 0.221 e. The Morgan fingerprint density at radius 3 is 2.67 bits per heavy atom. The van der Waals surface area contributed by atoms with E-state index in [2.05, 4.69) is 22.8 Å². The minimum absolute atomic E-state index is 0.0780. The highest BCUT2D eigenvalue weighted by Crippen LogP contribution is 2.12. The number of hydrogen-bond donors (Lipinski definition) is 2. The van der Waals surface area contributed by atoms with E-state index in [-0.39, 0.29) is 11.9 Å². The molecule has 0 aliphatic carbocycles. The van der Waals surface area contributed by atoms with Crippen molar-refractivity contribution < 1.29 is 9.53 Å². The average Bonchev–Trinajstić information content (AvgIpc) is 2.39. The van der Waals surface area contributed by atoms with Crippen molar-refractivity contribution in [3.05, 3.63) is 35.9 Å². The number of amides is 1. The fourth-order valence-electron chi connectivity index (χ4n) is 1.77. The lowest BCUT2D eigenvalue weighted by molar-refractivity contribution is -0.120. The van der Waals surface area contributed by atoms with Crippen LogP contribution in [-0.2, 0) is 9.53 Å². The van der Waals surface area contributed by atoms with Crippen molar-refractivity contribution in [2.45, 2.75) is 19.4 Å². The highest BCUT2D eigenvalue weighted by atomic mass is 16.5. The molecule has 0 aliphatic rings. The zero-order chi connectivity index (χ0) is 13.2. The number of rotatable bonds is 8. The first-order valence-corrected chi connectivity index (χ1v) is 6.32. The summed E-state index contributed by atoms with van der Waals surface area (Å²) in [6.45, 7) is 3.84. The Kier molecular flexibility index (Phi) is 7.06. The molecule has 1 atom stereocenters. The number of carbonyl (C=O) groups is 1. The highest BCUT2D eigenvalue weighted by molar-refractivity contribution is 5.75. The lowest BCUT2D eigenvalue weighted by atomic mass is 10.1. The summed E-state index contributed by atoms with van der Waals surface area (Å²) in [5.74, 6) is 0.0780. The zero-order valence-corrected chi connectivity index (χ0v) is 11.1. The van der Waals surface area contributed by atoms with Crippen LogP contribution in [0, 0.1) is 0 Å². The number of nitrogens with one attached hydrogen (secondary N) is 2. The predicted molar refractivity (Wildman–Crippen MR) is 72.4 cm³/mol. The quantitative estimate of drug-likeness (QED) is 0.735. The van der Waals surface area contributed by atoms with Gasteiger partial charge in [-0.2, -0.15) is 0 Å². The summed E-state index contributed by atoms with van der Waals surface area (Å²) in [6.07, 6.45) is 0.487. The van der Waals surface area contributed by atoms with Gasteiger partial charge in [-0.15, -0.1) is 0 Å². The topological polar surface area (TPSA) is 50.4 Å². The Labute approximate surface area is 109 Å². The van der Waals surface area contributed by atoms with Crippen LogP contribution in [0.15, 0.2) is 30.3 Å². The molecule has 0 saturated carbocycles. The molecule has 100 valence electrons. The fraction of sp³-hybridized carbons (Fsp3) is 0.500. The van der Waals surface area contributed by atoms with Gasteiger partial charge in [0.15, 0.2) is 0 Å². The van der Waals surface area contributed by atoms with Crippen LogP contribution in [0.3, 0.4) is 0 Å². The van der Waals surface area contributed by atoms with Gasteiger partial charge >= 0.3 is 0 Å². The Balaban J connectivity index is 2.42. The molecule has 4 nitrogen and oxygen atoms in total. The Hall–Kier alpha value is -1.39. The molecule has 0 bridgehead atoms. The van der Waals surface area contributed by atoms with Crippen molar-refractivity contribution in [1.29, 1.82) is 0 Å². The molecule has 18 heavy (non-hydrogen) atoms. The van der Waals surface area contributed by atoms with Gasteiger partial charge in [-0.25, -0.2) is 0 Å². The van der Waals surface area contributed by atoms with Gasteiger partial charge in [0.1, 0.15) is 0 Å². The van der Waals surface area contributed by atoms with Crippen molar-refractivity contribution in [3.63, 3.8) is 0 Å². The monoisotopic (exact) mass is 250 g/mol. The third-order valence-corrected chi connectivity index (χ3v) is 2.65. The molecule has 0 heterocycles. The Bertz CT molecular complexity index is 341. The van der Waals surface area contributed by atoms with Gasteiger partial charge in [-0.05, 0) is 12.5 Å². The molecule has 0 saturated heterocycles. The van der Waals surface area contributed by atoms with Crippen LogP contribution in [0.4, 0.5) is 0 Å². The maximum absolute atomic E-state index is 11.3. The number of methoxy groups -OCH3 is 1. The van der Waals surface area contributed by atoms with E-state index in [1.807, 2.05) is 25.1 Å². The molecule has 1 unspecified atom stereocenters. The van der Waals surface area contributed by atoms with Crippen molar-refractivity contribution in [3.8, 4) is 0 Å². The van der Waals surface area contributed by atoms with E-state index < -0.39 is 0 Å². The van der Waals surface area contributed by atoms with E-state index in [1.165, 1.54) is 5.56 Å². The summed E-state index contributed by atoms with van der Waals surface area (Å²) in [6, 6.07) is 10.2. The molecule has 1 aromatic carbocycles. The molecule has 1 amide bonds. The van der Waals surface area contributed by atoms with E-state index >= 15 is 0 Å². The summed E-state index contributed by atoms with van der Waals surface area (Å²) in [4.78, 5) is 11.3. The van der Waals surface area contributed by atoms with Crippen LogP contribution in [0.5, 0.6) is 0 Å². The molecule has 1 aromatic rings. The molecule has 2 N–H and O–H groups in total. The first-order valence-electron chi connectivity index (χ1n) is 6.32. The summed E-state index contributed by atoms with van der Waals surface area (Å²) < 4.78 is 5.20. The van der Waals surface area contributed by atoms with Crippen LogP contribution >= 0.6 is 0 Å². The van der Waals surface area contributed by atoms with E-state index in [9.17, 15) is 4.79 Å². The first kappa shape index (κ1) is 14.7. The van der Waals surface area contributed by atoms with E-state index in [0.29, 0.717) is 26.1 Å². The molecule has 0 radical (unpaired) electrons. The van der Waals surface area contributed by atoms with Gasteiger partial charge in [0.25, 0.3) is 0 Å². The Morgan fingerprint density at radius 1 is 1.33 bits per heavy atom. The number of ether oxygens (including phenoxy) is 1. The number of carbonyl (C=O) groups excluding carboxylic acids is 1. The lowest BCUT2D eigenvalue weighted by Crippen LogP contribution is -2.31. The average molecular weight is 250 g/mol. The van der Waals surface area contributed by atoms with Crippen LogP contribution in [0.1, 0.15) is 24.9 Å². The normalized spacial score (nSPS) is 12.1. The van der Waals surface area contributed by atoms with Crippen LogP contribution in [0.2, 0.25) is 0 Å². The van der Waals surface area contributed by atoms with Crippen molar-refractivity contribution in [1.82, 2.24) is 10.6 Å². The minimum Gasteiger partial charge on any atom is -0.383 e. The molecule has 1 rings (SSSR count). The Morgan fingerprint density at radius 2 is 2.06 bits per heavy atom. The first-order chi connectivity index (χ1) is 8.77. The molecular formula is C14H22N2O2. The second-order valence-corrected chi connectivity index (χ2v) is 4.08. The van der Waals surface area contributed by atoms with E-state index in [0.717, 1.165) is 0 Å².